The van der Waals surface area contributed by atoms with E-state index in [0.29, 0.717) is 11.4 Å². The summed E-state index contributed by atoms with van der Waals surface area (Å²) >= 11 is 0. The molecule has 1 N–H and O–H groups in total. The summed E-state index contributed by atoms with van der Waals surface area (Å²) in [6.07, 6.45) is 4.28. The van der Waals surface area contributed by atoms with Crippen molar-refractivity contribution in [1.82, 2.24) is 0 Å². The average Bonchev–Trinajstić information content (AvgIpc) is 2.96. The summed E-state index contributed by atoms with van der Waals surface area (Å²) in [4.78, 5) is 24.2. The lowest BCUT2D eigenvalue weighted by atomic mass is 10.2. The summed E-state index contributed by atoms with van der Waals surface area (Å²) in [5, 5.41) is 8.91. The van der Waals surface area contributed by atoms with E-state index in [1.165, 1.54) is 23.3 Å². The quantitative estimate of drug-likeness (QED) is 0.848. The minimum Gasteiger partial charge on any atom is -0.480 e. The van der Waals surface area contributed by atoms with Crippen molar-refractivity contribution < 1.29 is 19.1 Å². The van der Waals surface area contributed by atoms with Crippen LogP contribution in [0.5, 0.6) is 0 Å². The molecule has 2 rings (SSSR count). The average molecular weight is 271 g/mol. The van der Waals surface area contributed by atoms with Crippen molar-refractivity contribution in [2.24, 2.45) is 0 Å². The molecule has 0 saturated carbocycles. The molecule has 0 spiro atoms. The van der Waals surface area contributed by atoms with Gasteiger partial charge >= 0.3 is 5.97 Å². The van der Waals surface area contributed by atoms with Gasteiger partial charge in [-0.05, 0) is 30.3 Å². The van der Waals surface area contributed by atoms with E-state index in [0.717, 1.165) is 0 Å². The molecule has 0 saturated heterocycles. The van der Waals surface area contributed by atoms with Crippen molar-refractivity contribution >= 4 is 23.6 Å². The molecule has 0 radical (unpaired) electrons. The number of benzene rings is 1. The molecule has 5 heteroatoms. The van der Waals surface area contributed by atoms with Gasteiger partial charge in [-0.2, -0.15) is 0 Å². The van der Waals surface area contributed by atoms with Crippen LogP contribution in [-0.4, -0.2) is 23.5 Å². The molecular weight excluding hydrogens is 258 g/mol. The Balaban J connectivity index is 2.18. The number of rotatable bonds is 5. The SMILES string of the molecule is O=C(O)CN(C(=O)C=Cc1ccco1)c1ccccc1. The lowest BCUT2D eigenvalue weighted by Gasteiger charge is -2.18. The molecule has 20 heavy (non-hydrogen) atoms. The molecule has 5 nitrogen and oxygen atoms in total. The van der Waals surface area contributed by atoms with Crippen LogP contribution in [0, 0.1) is 0 Å². The molecule has 0 unspecified atom stereocenters. The van der Waals surface area contributed by atoms with Crippen LogP contribution in [0.3, 0.4) is 0 Å². The Kier molecular flexibility index (Phi) is 4.34. The number of carboxylic acid groups (broad SMARTS) is 1. The Bertz CT molecular complexity index is 602. The Labute approximate surface area is 115 Å². The first-order valence-corrected chi connectivity index (χ1v) is 5.97. The third-order valence-corrected chi connectivity index (χ3v) is 2.56. The normalized spacial score (nSPS) is 10.6. The van der Waals surface area contributed by atoms with Gasteiger partial charge in [-0.25, -0.2) is 0 Å². The first-order chi connectivity index (χ1) is 9.66. The number of anilines is 1. The third-order valence-electron chi connectivity index (χ3n) is 2.56. The molecule has 0 aliphatic heterocycles. The lowest BCUT2D eigenvalue weighted by Crippen LogP contribution is -2.34. The van der Waals surface area contributed by atoms with Crippen LogP contribution in [0.2, 0.25) is 0 Å². The maximum atomic E-state index is 12.1. The first-order valence-electron chi connectivity index (χ1n) is 5.97. The highest BCUT2D eigenvalue weighted by atomic mass is 16.4. The van der Waals surface area contributed by atoms with Crippen LogP contribution < -0.4 is 4.90 Å². The number of nitrogens with zero attached hydrogens (tertiary/aromatic N) is 1. The Morgan fingerprint density at radius 3 is 2.50 bits per heavy atom. The van der Waals surface area contributed by atoms with Crippen molar-refractivity contribution in [1.29, 1.82) is 0 Å². The van der Waals surface area contributed by atoms with Gasteiger partial charge in [-0.1, -0.05) is 18.2 Å². The molecule has 1 heterocycles. The predicted molar refractivity (Wildman–Crippen MR) is 74.2 cm³/mol. The van der Waals surface area contributed by atoms with Gasteiger partial charge in [0.05, 0.1) is 6.26 Å². The first kappa shape index (κ1) is 13.6. The van der Waals surface area contributed by atoms with Crippen molar-refractivity contribution in [3.05, 3.63) is 60.6 Å². The monoisotopic (exact) mass is 271 g/mol. The van der Waals surface area contributed by atoms with Gasteiger partial charge in [-0.15, -0.1) is 0 Å². The van der Waals surface area contributed by atoms with E-state index < -0.39 is 18.4 Å². The zero-order chi connectivity index (χ0) is 14.4. The number of hydrogen-bond acceptors (Lipinski definition) is 3. The maximum Gasteiger partial charge on any atom is 0.323 e. The topological polar surface area (TPSA) is 70.8 Å². The van der Waals surface area contributed by atoms with E-state index in [-0.39, 0.29) is 0 Å². The van der Waals surface area contributed by atoms with E-state index in [1.807, 2.05) is 0 Å². The molecule has 1 aromatic heterocycles. The van der Waals surface area contributed by atoms with Gasteiger partial charge in [0.2, 0.25) is 0 Å². The number of furan rings is 1. The number of amides is 1. The molecule has 0 aliphatic rings. The molecule has 0 bridgehead atoms. The minimum absolute atomic E-state index is 0.397. The van der Waals surface area contributed by atoms with Gasteiger partial charge in [-0.3, -0.25) is 14.5 Å². The highest BCUT2D eigenvalue weighted by Crippen LogP contribution is 2.14. The molecule has 102 valence electrons. The second-order valence-electron chi connectivity index (χ2n) is 4.00. The zero-order valence-corrected chi connectivity index (χ0v) is 10.6. The third kappa shape index (κ3) is 3.58. The Hall–Kier alpha value is -2.82. The van der Waals surface area contributed by atoms with Crippen molar-refractivity contribution in [2.45, 2.75) is 0 Å². The molecule has 0 atom stereocenters. The van der Waals surface area contributed by atoms with Crippen LogP contribution in [0.4, 0.5) is 5.69 Å². The Morgan fingerprint density at radius 1 is 1.15 bits per heavy atom. The second-order valence-corrected chi connectivity index (χ2v) is 4.00. The van der Waals surface area contributed by atoms with E-state index >= 15 is 0 Å². The summed E-state index contributed by atoms with van der Waals surface area (Å²) in [7, 11) is 0. The van der Waals surface area contributed by atoms with Gasteiger partial charge in [0.25, 0.3) is 5.91 Å². The predicted octanol–water partition coefficient (Wildman–Crippen LogP) is 2.41. The number of carbonyl (C=O) groups is 2. The van der Waals surface area contributed by atoms with Crippen molar-refractivity contribution in [2.75, 3.05) is 11.4 Å². The standard InChI is InChI=1S/C15H13NO4/c17-14(9-8-13-7-4-10-20-13)16(11-15(18)19)12-5-2-1-3-6-12/h1-10H,11H2,(H,18,19). The fourth-order valence-corrected chi connectivity index (χ4v) is 1.67. The summed E-state index contributed by atoms with van der Waals surface area (Å²) in [5.74, 6) is -0.967. The van der Waals surface area contributed by atoms with E-state index in [1.54, 1.807) is 42.5 Å². The highest BCUT2D eigenvalue weighted by Gasteiger charge is 2.16. The minimum atomic E-state index is -1.08. The molecule has 0 aliphatic carbocycles. The molecule has 1 aromatic carbocycles. The summed E-state index contributed by atoms with van der Waals surface area (Å²) in [6.45, 7) is -0.397. The van der Waals surface area contributed by atoms with Crippen LogP contribution in [0.15, 0.2) is 59.2 Å². The van der Waals surface area contributed by atoms with Crippen molar-refractivity contribution in [3.8, 4) is 0 Å². The second kappa shape index (κ2) is 6.38. The number of para-hydroxylation sites is 1. The van der Waals surface area contributed by atoms with Gasteiger partial charge < -0.3 is 9.52 Å². The van der Waals surface area contributed by atoms with Crippen molar-refractivity contribution in [3.63, 3.8) is 0 Å². The van der Waals surface area contributed by atoms with E-state index in [2.05, 4.69) is 0 Å². The summed E-state index contributed by atoms with van der Waals surface area (Å²) in [6, 6.07) is 12.1. The van der Waals surface area contributed by atoms with Crippen LogP contribution in [-0.2, 0) is 9.59 Å². The Morgan fingerprint density at radius 2 is 1.90 bits per heavy atom. The molecular formula is C15H13NO4. The number of carbonyl (C=O) groups excluding carboxylic acids is 1. The number of carboxylic acids is 1. The lowest BCUT2D eigenvalue weighted by molar-refractivity contribution is -0.136. The smallest absolute Gasteiger partial charge is 0.323 e. The maximum absolute atomic E-state index is 12.1. The molecule has 0 fully saturated rings. The summed E-state index contributed by atoms with van der Waals surface area (Å²) in [5.41, 5.74) is 0.531. The van der Waals surface area contributed by atoms with Gasteiger partial charge in [0.1, 0.15) is 12.3 Å². The van der Waals surface area contributed by atoms with E-state index in [4.69, 9.17) is 9.52 Å². The van der Waals surface area contributed by atoms with E-state index in [9.17, 15) is 9.59 Å². The zero-order valence-electron chi connectivity index (χ0n) is 10.6. The molecule has 1 amide bonds. The number of hydrogen-bond donors (Lipinski definition) is 1. The van der Waals surface area contributed by atoms with Crippen LogP contribution in [0.25, 0.3) is 6.08 Å². The van der Waals surface area contributed by atoms with Gasteiger partial charge in [0, 0.05) is 11.8 Å². The largest absolute Gasteiger partial charge is 0.480 e. The van der Waals surface area contributed by atoms with Gasteiger partial charge in [0.15, 0.2) is 0 Å². The molecule has 2 aromatic rings. The fraction of sp³-hybridized carbons (Fsp3) is 0.0667. The fourth-order valence-electron chi connectivity index (χ4n) is 1.67. The van der Waals surface area contributed by atoms with Crippen LogP contribution >= 0.6 is 0 Å². The number of aliphatic carboxylic acids is 1. The highest BCUT2D eigenvalue weighted by molar-refractivity contribution is 6.05. The van der Waals surface area contributed by atoms with Crippen LogP contribution in [0.1, 0.15) is 5.76 Å². The summed E-state index contributed by atoms with van der Waals surface area (Å²) < 4.78 is 5.08.